The molecule has 1 aromatic rings. The molecule has 0 aliphatic carbocycles. The van der Waals surface area contributed by atoms with Crippen molar-refractivity contribution in [2.24, 2.45) is 5.92 Å². The number of hydrogen-bond acceptors (Lipinski definition) is 5. The molecule has 8 heteroatoms. The van der Waals surface area contributed by atoms with Crippen LogP contribution in [0.1, 0.15) is 33.6 Å². The lowest BCUT2D eigenvalue weighted by atomic mass is 9.97. The van der Waals surface area contributed by atoms with Crippen LogP contribution < -0.4 is 14.8 Å². The fraction of sp³-hybridized carbons (Fsp3) is 0.611. The zero-order chi connectivity index (χ0) is 19.5. The molecule has 0 saturated carbocycles. The van der Waals surface area contributed by atoms with Crippen LogP contribution in [0.25, 0.3) is 0 Å². The van der Waals surface area contributed by atoms with E-state index >= 15 is 0 Å². The second-order valence-corrected chi connectivity index (χ2v) is 9.36. The molecule has 2 rings (SSSR count). The number of hydrogen-bond donors (Lipinski definition) is 1. The number of methoxy groups -OCH3 is 2. The van der Waals surface area contributed by atoms with Gasteiger partial charge in [-0.3, -0.25) is 4.79 Å². The van der Waals surface area contributed by atoms with Gasteiger partial charge in [-0.1, -0.05) is 0 Å². The Balaban J connectivity index is 2.28. The van der Waals surface area contributed by atoms with Gasteiger partial charge in [-0.2, -0.15) is 4.31 Å². The first-order chi connectivity index (χ1) is 12.1. The number of carbonyl (C=O) groups excluding carboxylic acids is 1. The van der Waals surface area contributed by atoms with Gasteiger partial charge in [0.1, 0.15) is 16.4 Å². The zero-order valence-electron chi connectivity index (χ0n) is 16.0. The average molecular weight is 384 g/mol. The van der Waals surface area contributed by atoms with Crippen molar-refractivity contribution in [3.8, 4) is 11.5 Å². The van der Waals surface area contributed by atoms with E-state index in [4.69, 9.17) is 9.47 Å². The van der Waals surface area contributed by atoms with Gasteiger partial charge >= 0.3 is 0 Å². The lowest BCUT2D eigenvalue weighted by molar-refractivity contribution is -0.127. The van der Waals surface area contributed by atoms with Gasteiger partial charge in [0.2, 0.25) is 15.9 Å². The predicted octanol–water partition coefficient (Wildman–Crippen LogP) is 2.02. The summed E-state index contributed by atoms with van der Waals surface area (Å²) >= 11 is 0. The molecular formula is C18H28N2O5S. The molecule has 1 aromatic carbocycles. The first-order valence-electron chi connectivity index (χ1n) is 8.62. The summed E-state index contributed by atoms with van der Waals surface area (Å²) in [7, 11) is -0.894. The Kier molecular flexibility index (Phi) is 6.18. The molecule has 146 valence electrons. The summed E-state index contributed by atoms with van der Waals surface area (Å²) in [5, 5.41) is 2.94. The highest BCUT2D eigenvalue weighted by Crippen LogP contribution is 2.32. The van der Waals surface area contributed by atoms with Crippen molar-refractivity contribution in [2.75, 3.05) is 27.3 Å². The van der Waals surface area contributed by atoms with Gasteiger partial charge < -0.3 is 14.8 Å². The molecule has 1 fully saturated rings. The van der Waals surface area contributed by atoms with E-state index in [2.05, 4.69) is 5.32 Å². The Morgan fingerprint density at radius 1 is 1.23 bits per heavy atom. The van der Waals surface area contributed by atoms with E-state index in [1.807, 2.05) is 20.8 Å². The maximum absolute atomic E-state index is 13.1. The zero-order valence-corrected chi connectivity index (χ0v) is 16.9. The molecule has 0 spiro atoms. The lowest BCUT2D eigenvalue weighted by Gasteiger charge is -2.33. The molecule has 1 heterocycles. The number of benzene rings is 1. The van der Waals surface area contributed by atoms with Gasteiger partial charge in [-0.15, -0.1) is 0 Å². The minimum Gasteiger partial charge on any atom is -0.497 e. The maximum atomic E-state index is 13.1. The van der Waals surface area contributed by atoms with Crippen LogP contribution in [-0.2, 0) is 14.8 Å². The summed E-state index contributed by atoms with van der Waals surface area (Å²) in [6.07, 6.45) is 1.30. The highest BCUT2D eigenvalue weighted by atomic mass is 32.2. The van der Waals surface area contributed by atoms with Crippen LogP contribution in [0.15, 0.2) is 23.1 Å². The van der Waals surface area contributed by atoms with Crippen molar-refractivity contribution in [3.63, 3.8) is 0 Å². The largest absolute Gasteiger partial charge is 0.497 e. The summed E-state index contributed by atoms with van der Waals surface area (Å²) in [6, 6.07) is 4.67. The second kappa shape index (κ2) is 7.84. The number of rotatable bonds is 5. The van der Waals surface area contributed by atoms with Crippen LogP contribution in [0.4, 0.5) is 0 Å². The van der Waals surface area contributed by atoms with Gasteiger partial charge in [0, 0.05) is 24.7 Å². The minimum absolute atomic E-state index is 0.0521. The second-order valence-electron chi connectivity index (χ2n) is 7.46. The summed E-state index contributed by atoms with van der Waals surface area (Å²) in [4.78, 5) is 12.5. The minimum atomic E-state index is -3.80. The Bertz CT molecular complexity index is 755. The molecule has 1 atom stereocenters. The third-order valence-electron chi connectivity index (χ3n) is 4.24. The van der Waals surface area contributed by atoms with Crippen molar-refractivity contribution in [3.05, 3.63) is 18.2 Å². The fourth-order valence-corrected chi connectivity index (χ4v) is 4.67. The van der Waals surface area contributed by atoms with Gasteiger partial charge in [-0.05, 0) is 45.7 Å². The average Bonchev–Trinajstić information content (AvgIpc) is 2.59. The standard InChI is InChI=1S/C18H28N2O5S/c1-18(2,3)19-17(21)13-7-6-10-20(12-13)26(22,23)16-11-14(24-4)8-9-15(16)25-5/h8-9,11,13H,6-7,10,12H2,1-5H3,(H,19,21)/t13-/m0/s1. The van der Waals surface area contributed by atoms with Crippen LogP contribution >= 0.6 is 0 Å². The Morgan fingerprint density at radius 2 is 1.92 bits per heavy atom. The van der Waals surface area contributed by atoms with Gasteiger partial charge in [0.05, 0.1) is 20.1 Å². The van der Waals surface area contributed by atoms with Gasteiger partial charge in [0.15, 0.2) is 0 Å². The Morgan fingerprint density at radius 3 is 2.50 bits per heavy atom. The number of ether oxygens (including phenoxy) is 2. The molecule has 0 bridgehead atoms. The van der Waals surface area contributed by atoms with E-state index in [9.17, 15) is 13.2 Å². The van der Waals surface area contributed by atoms with E-state index in [1.54, 1.807) is 12.1 Å². The molecule has 0 aromatic heterocycles. The number of amides is 1. The van der Waals surface area contributed by atoms with Crippen molar-refractivity contribution in [1.82, 2.24) is 9.62 Å². The first-order valence-corrected chi connectivity index (χ1v) is 10.1. The normalized spacial score (nSPS) is 19.0. The van der Waals surface area contributed by atoms with Crippen LogP contribution in [0, 0.1) is 5.92 Å². The van der Waals surface area contributed by atoms with Crippen LogP contribution in [0.5, 0.6) is 11.5 Å². The third-order valence-corrected chi connectivity index (χ3v) is 6.13. The predicted molar refractivity (Wildman–Crippen MR) is 98.9 cm³/mol. The van der Waals surface area contributed by atoms with Crippen LogP contribution in [-0.4, -0.2) is 51.5 Å². The lowest BCUT2D eigenvalue weighted by Crippen LogP contribution is -2.49. The fourth-order valence-electron chi connectivity index (χ4n) is 2.97. The summed E-state index contributed by atoms with van der Waals surface area (Å²) in [5.41, 5.74) is -0.353. The number of carbonyl (C=O) groups is 1. The van der Waals surface area contributed by atoms with E-state index in [-0.39, 0.29) is 34.6 Å². The molecule has 26 heavy (non-hydrogen) atoms. The Hall–Kier alpha value is -1.80. The first kappa shape index (κ1) is 20.5. The molecule has 1 aliphatic rings. The van der Waals surface area contributed by atoms with Crippen LogP contribution in [0.2, 0.25) is 0 Å². The molecule has 1 amide bonds. The summed E-state index contributed by atoms with van der Waals surface area (Å²) < 4.78 is 38.0. The molecular weight excluding hydrogens is 356 g/mol. The summed E-state index contributed by atoms with van der Waals surface area (Å²) in [5.74, 6) is 0.208. The number of piperidine rings is 1. The molecule has 0 unspecified atom stereocenters. The van der Waals surface area contributed by atoms with Crippen molar-refractivity contribution < 1.29 is 22.7 Å². The van der Waals surface area contributed by atoms with E-state index in [1.165, 1.54) is 24.6 Å². The highest BCUT2D eigenvalue weighted by molar-refractivity contribution is 7.89. The number of nitrogens with zero attached hydrogens (tertiary/aromatic N) is 1. The summed E-state index contributed by atoms with van der Waals surface area (Å²) in [6.45, 7) is 6.25. The van der Waals surface area contributed by atoms with Crippen LogP contribution in [0.3, 0.4) is 0 Å². The molecule has 1 saturated heterocycles. The van der Waals surface area contributed by atoms with E-state index < -0.39 is 10.0 Å². The Labute approximate surface area is 155 Å². The number of sulfonamides is 1. The van der Waals surface area contributed by atoms with Crippen molar-refractivity contribution in [2.45, 2.75) is 44.0 Å². The van der Waals surface area contributed by atoms with Gasteiger partial charge in [-0.25, -0.2) is 8.42 Å². The van der Waals surface area contributed by atoms with E-state index in [0.717, 1.165) is 0 Å². The number of nitrogens with one attached hydrogen (secondary N) is 1. The van der Waals surface area contributed by atoms with Crippen molar-refractivity contribution in [1.29, 1.82) is 0 Å². The topological polar surface area (TPSA) is 84.9 Å². The monoisotopic (exact) mass is 384 g/mol. The molecule has 7 nitrogen and oxygen atoms in total. The highest BCUT2D eigenvalue weighted by Gasteiger charge is 2.35. The SMILES string of the molecule is COc1ccc(OC)c(S(=O)(=O)N2CCC[C@H](C(=O)NC(C)(C)C)C2)c1. The molecule has 1 aliphatic heterocycles. The third kappa shape index (κ3) is 4.67. The maximum Gasteiger partial charge on any atom is 0.246 e. The van der Waals surface area contributed by atoms with Gasteiger partial charge in [0.25, 0.3) is 0 Å². The smallest absolute Gasteiger partial charge is 0.246 e. The van der Waals surface area contributed by atoms with Crippen molar-refractivity contribution >= 4 is 15.9 Å². The van der Waals surface area contributed by atoms with E-state index in [0.29, 0.717) is 25.1 Å². The molecule has 0 radical (unpaired) electrons. The quantitative estimate of drug-likeness (QED) is 0.839. The molecule has 1 N–H and O–H groups in total.